The lowest BCUT2D eigenvalue weighted by atomic mass is 10.2. The van der Waals surface area contributed by atoms with Crippen LogP contribution in [-0.2, 0) is 0 Å². The highest BCUT2D eigenvalue weighted by Gasteiger charge is 2.08. The predicted molar refractivity (Wildman–Crippen MR) is 79.5 cm³/mol. The van der Waals surface area contributed by atoms with Crippen LogP contribution in [0.3, 0.4) is 0 Å². The first kappa shape index (κ1) is 12.3. The Bertz CT molecular complexity index is 756. The van der Waals surface area contributed by atoms with Gasteiger partial charge in [-0.15, -0.1) is 11.3 Å². The molecule has 94 valence electrons. The Morgan fingerprint density at radius 3 is 2.95 bits per heavy atom. The van der Waals surface area contributed by atoms with Crippen LogP contribution in [0.5, 0.6) is 0 Å². The van der Waals surface area contributed by atoms with Gasteiger partial charge in [-0.25, -0.2) is 9.97 Å². The normalized spacial score (nSPS) is 10.6. The fourth-order valence-electron chi connectivity index (χ4n) is 1.68. The third-order valence-electron chi connectivity index (χ3n) is 2.58. The fraction of sp³-hybridized carbons (Fsp3) is 0. The van der Waals surface area contributed by atoms with Crippen LogP contribution in [-0.4, -0.2) is 15.9 Å². The van der Waals surface area contributed by atoms with Crippen molar-refractivity contribution in [2.45, 2.75) is 0 Å². The maximum atomic E-state index is 12.1. The number of nitrogens with zero attached hydrogens (tertiary/aromatic N) is 2. The molecule has 2 aromatic heterocycles. The Morgan fingerprint density at radius 2 is 2.11 bits per heavy atom. The van der Waals surface area contributed by atoms with Crippen LogP contribution >= 0.6 is 27.3 Å². The second kappa shape index (κ2) is 5.07. The first-order chi connectivity index (χ1) is 9.22. The van der Waals surface area contributed by atoms with E-state index >= 15 is 0 Å². The summed E-state index contributed by atoms with van der Waals surface area (Å²) >= 11 is 4.79. The van der Waals surface area contributed by atoms with Crippen LogP contribution in [0.25, 0.3) is 10.2 Å². The topological polar surface area (TPSA) is 54.9 Å². The monoisotopic (exact) mass is 333 g/mol. The number of benzene rings is 1. The molecule has 19 heavy (non-hydrogen) atoms. The van der Waals surface area contributed by atoms with Gasteiger partial charge in [0.25, 0.3) is 5.91 Å². The minimum absolute atomic E-state index is 0.145. The van der Waals surface area contributed by atoms with Gasteiger partial charge in [0.15, 0.2) is 0 Å². The number of thiazole rings is 1. The second-order valence-corrected chi connectivity index (χ2v) is 5.56. The minimum atomic E-state index is -0.145. The maximum absolute atomic E-state index is 12.1. The van der Waals surface area contributed by atoms with E-state index < -0.39 is 0 Å². The molecule has 1 amide bonds. The predicted octanol–water partition coefficient (Wildman–Crippen LogP) is 3.71. The van der Waals surface area contributed by atoms with Gasteiger partial charge in [0, 0.05) is 17.4 Å². The molecule has 3 aromatic rings. The van der Waals surface area contributed by atoms with Crippen molar-refractivity contribution in [1.82, 2.24) is 9.97 Å². The van der Waals surface area contributed by atoms with E-state index in [0.29, 0.717) is 15.9 Å². The van der Waals surface area contributed by atoms with Crippen molar-refractivity contribution in [2.75, 3.05) is 5.32 Å². The van der Waals surface area contributed by atoms with Crippen LogP contribution in [0.2, 0.25) is 0 Å². The maximum Gasteiger partial charge on any atom is 0.255 e. The van der Waals surface area contributed by atoms with E-state index in [1.54, 1.807) is 29.9 Å². The summed E-state index contributed by atoms with van der Waals surface area (Å²) in [7, 11) is 0. The van der Waals surface area contributed by atoms with Gasteiger partial charge < -0.3 is 5.32 Å². The summed E-state index contributed by atoms with van der Waals surface area (Å²) in [4.78, 5) is 20.3. The van der Waals surface area contributed by atoms with Gasteiger partial charge in [-0.3, -0.25) is 4.79 Å². The molecule has 0 bridgehead atoms. The first-order valence-electron chi connectivity index (χ1n) is 5.48. The Balaban J connectivity index is 1.87. The Morgan fingerprint density at radius 1 is 1.21 bits per heavy atom. The Labute approximate surface area is 121 Å². The standard InChI is InChI=1S/C13H8BrN3OS/c14-12-6-9(3-4-15-12)17-13(18)8-1-2-10-11(5-8)19-7-16-10/h1-7H,(H,15,17,18). The summed E-state index contributed by atoms with van der Waals surface area (Å²) in [5.41, 5.74) is 4.00. The molecule has 4 nitrogen and oxygen atoms in total. The van der Waals surface area contributed by atoms with Crippen molar-refractivity contribution in [3.8, 4) is 0 Å². The van der Waals surface area contributed by atoms with Gasteiger partial charge in [0.2, 0.25) is 0 Å². The van der Waals surface area contributed by atoms with Crippen molar-refractivity contribution in [3.63, 3.8) is 0 Å². The molecule has 0 saturated heterocycles. The number of fused-ring (bicyclic) bond motifs is 1. The third kappa shape index (κ3) is 2.64. The number of rotatable bonds is 2. The summed E-state index contributed by atoms with van der Waals surface area (Å²) in [6, 6.07) is 8.96. The van der Waals surface area contributed by atoms with E-state index in [0.717, 1.165) is 10.2 Å². The molecule has 6 heteroatoms. The smallest absolute Gasteiger partial charge is 0.255 e. The number of pyridine rings is 1. The van der Waals surface area contributed by atoms with Crippen LogP contribution in [0.15, 0.2) is 46.6 Å². The van der Waals surface area contributed by atoms with Gasteiger partial charge >= 0.3 is 0 Å². The lowest BCUT2D eigenvalue weighted by Crippen LogP contribution is -2.11. The molecule has 1 aromatic carbocycles. The molecule has 0 atom stereocenters. The number of hydrogen-bond acceptors (Lipinski definition) is 4. The number of halogens is 1. The molecular weight excluding hydrogens is 326 g/mol. The van der Waals surface area contributed by atoms with E-state index in [2.05, 4.69) is 31.2 Å². The highest BCUT2D eigenvalue weighted by molar-refractivity contribution is 9.10. The van der Waals surface area contributed by atoms with Crippen LogP contribution < -0.4 is 5.32 Å². The molecular formula is C13H8BrN3OS. The highest BCUT2D eigenvalue weighted by Crippen LogP contribution is 2.20. The number of anilines is 1. The van der Waals surface area contributed by atoms with E-state index in [9.17, 15) is 4.79 Å². The van der Waals surface area contributed by atoms with Crippen LogP contribution in [0.1, 0.15) is 10.4 Å². The second-order valence-electron chi connectivity index (χ2n) is 3.86. The van der Waals surface area contributed by atoms with Gasteiger partial charge in [0.1, 0.15) is 4.60 Å². The van der Waals surface area contributed by atoms with Crippen molar-refractivity contribution in [2.24, 2.45) is 0 Å². The zero-order valence-corrected chi connectivity index (χ0v) is 12.0. The summed E-state index contributed by atoms with van der Waals surface area (Å²) in [6.07, 6.45) is 1.63. The molecule has 0 fully saturated rings. The molecule has 0 unspecified atom stereocenters. The average molecular weight is 334 g/mol. The van der Waals surface area contributed by atoms with Gasteiger partial charge in [0.05, 0.1) is 15.7 Å². The molecule has 2 heterocycles. The van der Waals surface area contributed by atoms with E-state index in [1.165, 1.54) is 11.3 Å². The number of carbonyl (C=O) groups excluding carboxylic acids is 1. The summed E-state index contributed by atoms with van der Waals surface area (Å²) < 4.78 is 1.69. The summed E-state index contributed by atoms with van der Waals surface area (Å²) in [5, 5.41) is 2.83. The number of aromatic nitrogens is 2. The van der Waals surface area contributed by atoms with Crippen molar-refractivity contribution >= 4 is 49.1 Å². The van der Waals surface area contributed by atoms with E-state index in [4.69, 9.17) is 0 Å². The van der Waals surface area contributed by atoms with Crippen molar-refractivity contribution < 1.29 is 4.79 Å². The fourth-order valence-corrected chi connectivity index (χ4v) is 2.76. The van der Waals surface area contributed by atoms with Gasteiger partial charge in [-0.2, -0.15) is 0 Å². The van der Waals surface area contributed by atoms with Crippen molar-refractivity contribution in [1.29, 1.82) is 0 Å². The van der Waals surface area contributed by atoms with E-state index in [1.807, 2.05) is 12.1 Å². The minimum Gasteiger partial charge on any atom is -0.322 e. The lowest BCUT2D eigenvalue weighted by molar-refractivity contribution is 0.102. The summed E-state index contributed by atoms with van der Waals surface area (Å²) in [5.74, 6) is -0.145. The quantitative estimate of drug-likeness (QED) is 0.727. The molecule has 0 spiro atoms. The van der Waals surface area contributed by atoms with Crippen LogP contribution in [0.4, 0.5) is 5.69 Å². The van der Waals surface area contributed by atoms with E-state index in [-0.39, 0.29) is 5.91 Å². The van der Waals surface area contributed by atoms with Crippen LogP contribution in [0, 0.1) is 0 Å². The molecule has 0 aliphatic rings. The molecule has 3 rings (SSSR count). The third-order valence-corrected chi connectivity index (χ3v) is 3.80. The molecule has 0 radical (unpaired) electrons. The largest absolute Gasteiger partial charge is 0.322 e. The Hall–Kier alpha value is -1.79. The van der Waals surface area contributed by atoms with Crippen molar-refractivity contribution in [3.05, 3.63) is 52.2 Å². The highest BCUT2D eigenvalue weighted by atomic mass is 79.9. The number of nitrogens with one attached hydrogen (secondary N) is 1. The molecule has 0 saturated carbocycles. The molecule has 0 aliphatic carbocycles. The zero-order chi connectivity index (χ0) is 13.2. The van der Waals surface area contributed by atoms with Gasteiger partial charge in [-0.05, 0) is 46.3 Å². The van der Waals surface area contributed by atoms with Gasteiger partial charge in [-0.1, -0.05) is 0 Å². The number of amides is 1. The first-order valence-corrected chi connectivity index (χ1v) is 7.16. The lowest BCUT2D eigenvalue weighted by Gasteiger charge is -2.05. The number of carbonyl (C=O) groups is 1. The Kier molecular flexibility index (Phi) is 3.27. The molecule has 0 aliphatic heterocycles. The number of hydrogen-bond donors (Lipinski definition) is 1. The SMILES string of the molecule is O=C(Nc1ccnc(Br)c1)c1ccc2ncsc2c1. The molecule has 1 N–H and O–H groups in total. The zero-order valence-electron chi connectivity index (χ0n) is 9.63. The average Bonchev–Trinajstić information content (AvgIpc) is 2.85. The summed E-state index contributed by atoms with van der Waals surface area (Å²) in [6.45, 7) is 0.